The highest BCUT2D eigenvalue weighted by Crippen LogP contribution is 2.31. The van der Waals surface area contributed by atoms with Gasteiger partial charge >= 0.3 is 0 Å². The van der Waals surface area contributed by atoms with Crippen LogP contribution in [0.5, 0.6) is 0 Å². The highest BCUT2D eigenvalue weighted by molar-refractivity contribution is 7.98. The molecule has 0 atom stereocenters. The molecule has 162 valence electrons. The van der Waals surface area contributed by atoms with Crippen molar-refractivity contribution in [2.75, 3.05) is 13.1 Å². The monoisotopic (exact) mass is 464 g/mol. The Labute approximate surface area is 189 Å². The molecule has 0 N–H and O–H groups in total. The number of nitrogens with zero attached hydrogens (tertiary/aromatic N) is 4. The van der Waals surface area contributed by atoms with Crippen LogP contribution in [0.4, 0.5) is 0 Å². The molecule has 0 spiro atoms. The minimum atomic E-state index is -3.56. The number of thioether (sulfide) groups is 1. The van der Waals surface area contributed by atoms with Gasteiger partial charge in [0, 0.05) is 18.5 Å². The molecule has 1 fully saturated rings. The predicted molar refractivity (Wildman–Crippen MR) is 124 cm³/mol. The summed E-state index contributed by atoms with van der Waals surface area (Å²) in [4.78, 5) is 9.72. The second-order valence-electron chi connectivity index (χ2n) is 7.79. The Morgan fingerprint density at radius 1 is 0.906 bits per heavy atom. The normalized spacial score (nSPS) is 15.4. The van der Waals surface area contributed by atoms with E-state index in [1.54, 1.807) is 12.1 Å². The number of imidazole rings is 1. The second kappa shape index (κ2) is 7.61. The minimum absolute atomic E-state index is 0.0136. The maximum absolute atomic E-state index is 12.8. The number of fused-ring (bicyclic) bond motifs is 5. The smallest absolute Gasteiger partial charge is 0.276 e. The Kier molecular flexibility index (Phi) is 4.71. The van der Waals surface area contributed by atoms with E-state index in [-0.39, 0.29) is 5.09 Å². The fourth-order valence-electron chi connectivity index (χ4n) is 4.18. The molecule has 1 aliphatic heterocycles. The predicted octanol–water partition coefficient (Wildman–Crippen LogP) is 4.71. The second-order valence-corrected chi connectivity index (χ2v) is 10.6. The molecule has 5 aromatic rings. The first-order valence-electron chi connectivity index (χ1n) is 10.5. The average molecular weight is 465 g/mol. The molecule has 6 rings (SSSR count). The van der Waals surface area contributed by atoms with Crippen molar-refractivity contribution in [1.29, 1.82) is 0 Å². The van der Waals surface area contributed by atoms with Crippen LogP contribution >= 0.6 is 11.8 Å². The summed E-state index contributed by atoms with van der Waals surface area (Å²) in [5.74, 6) is 1.06. The van der Waals surface area contributed by atoms with Crippen LogP contribution in [0.1, 0.15) is 18.6 Å². The Hall–Kier alpha value is -2.88. The lowest BCUT2D eigenvalue weighted by Gasteiger charge is -2.12. The highest BCUT2D eigenvalue weighted by atomic mass is 32.2. The van der Waals surface area contributed by atoms with Crippen LogP contribution in [0.15, 0.2) is 75.3 Å². The van der Waals surface area contributed by atoms with Crippen molar-refractivity contribution >= 4 is 49.4 Å². The molecule has 0 saturated carbocycles. The number of rotatable bonds is 5. The average Bonchev–Trinajstić information content (AvgIpc) is 3.57. The van der Waals surface area contributed by atoms with Gasteiger partial charge in [-0.15, -0.1) is 0 Å². The molecule has 0 bridgehead atoms. The largest absolute Gasteiger partial charge is 0.447 e. The van der Waals surface area contributed by atoms with Crippen molar-refractivity contribution in [1.82, 2.24) is 18.7 Å². The molecule has 7 nitrogen and oxygen atoms in total. The van der Waals surface area contributed by atoms with E-state index in [0.717, 1.165) is 45.6 Å². The zero-order chi connectivity index (χ0) is 21.7. The van der Waals surface area contributed by atoms with Gasteiger partial charge in [0.05, 0.1) is 22.3 Å². The van der Waals surface area contributed by atoms with Gasteiger partial charge in [-0.05, 0) is 49.2 Å². The molecule has 4 heterocycles. The quantitative estimate of drug-likeness (QED) is 0.277. The van der Waals surface area contributed by atoms with Crippen molar-refractivity contribution < 1.29 is 12.8 Å². The van der Waals surface area contributed by atoms with E-state index < -0.39 is 10.0 Å². The van der Waals surface area contributed by atoms with Gasteiger partial charge in [-0.2, -0.15) is 4.31 Å². The fraction of sp³-hybridized carbons (Fsp3) is 0.217. The molecule has 9 heteroatoms. The number of para-hydroxylation sites is 3. The van der Waals surface area contributed by atoms with Crippen LogP contribution in [-0.4, -0.2) is 40.2 Å². The minimum Gasteiger partial charge on any atom is -0.447 e. The van der Waals surface area contributed by atoms with Crippen LogP contribution < -0.4 is 0 Å². The maximum atomic E-state index is 12.8. The summed E-state index contributed by atoms with van der Waals surface area (Å²) in [7, 11) is -3.56. The molecular weight excluding hydrogens is 444 g/mol. The molecule has 3 aromatic heterocycles. The Balaban J connectivity index is 1.37. The van der Waals surface area contributed by atoms with Gasteiger partial charge in [0.15, 0.2) is 5.16 Å². The molecular formula is C23H20N4O3S2. The Morgan fingerprint density at radius 3 is 2.50 bits per heavy atom. The zero-order valence-corrected chi connectivity index (χ0v) is 18.8. The SMILES string of the molecule is O=S(=O)(c1ccc(CSc2nc3ccccc3c3nc4ccccc4n23)o1)N1CCCC1. The number of benzene rings is 2. The zero-order valence-electron chi connectivity index (χ0n) is 17.1. The van der Waals surface area contributed by atoms with Gasteiger partial charge < -0.3 is 4.42 Å². The number of hydrogen-bond acceptors (Lipinski definition) is 6. The van der Waals surface area contributed by atoms with Crippen molar-refractivity contribution in [3.05, 3.63) is 66.4 Å². The lowest BCUT2D eigenvalue weighted by atomic mass is 10.2. The van der Waals surface area contributed by atoms with E-state index in [1.807, 2.05) is 48.5 Å². The number of furan rings is 1. The summed E-state index contributed by atoms with van der Waals surface area (Å²) in [5, 5.41) is 1.79. The highest BCUT2D eigenvalue weighted by Gasteiger charge is 2.30. The summed E-state index contributed by atoms with van der Waals surface area (Å²) in [6.45, 7) is 1.11. The van der Waals surface area contributed by atoms with Crippen molar-refractivity contribution in [3.63, 3.8) is 0 Å². The first kappa shape index (κ1) is 19.8. The van der Waals surface area contributed by atoms with Gasteiger partial charge in [-0.1, -0.05) is 36.0 Å². The summed E-state index contributed by atoms with van der Waals surface area (Å²) >= 11 is 1.50. The van der Waals surface area contributed by atoms with Crippen LogP contribution in [-0.2, 0) is 15.8 Å². The van der Waals surface area contributed by atoms with E-state index in [4.69, 9.17) is 14.4 Å². The lowest BCUT2D eigenvalue weighted by molar-refractivity contribution is 0.397. The molecule has 1 saturated heterocycles. The van der Waals surface area contributed by atoms with Crippen molar-refractivity contribution in [2.24, 2.45) is 0 Å². The first-order valence-corrected chi connectivity index (χ1v) is 12.9. The van der Waals surface area contributed by atoms with Crippen LogP contribution in [0.3, 0.4) is 0 Å². The van der Waals surface area contributed by atoms with Gasteiger partial charge in [0.2, 0.25) is 5.09 Å². The fourth-order valence-corrected chi connectivity index (χ4v) is 6.53. The standard InChI is InChI=1S/C23H20N4O3S2/c28-32(29,26-13-5-6-14-26)21-12-11-16(30-21)15-31-23-25-18-8-2-1-7-17(18)22-24-19-9-3-4-10-20(19)27(22)23/h1-4,7-12H,5-6,13-15H2. The summed E-state index contributed by atoms with van der Waals surface area (Å²) < 4.78 is 34.8. The van der Waals surface area contributed by atoms with Gasteiger partial charge in [0.1, 0.15) is 11.4 Å². The third-order valence-corrected chi connectivity index (χ3v) is 8.49. The van der Waals surface area contributed by atoms with Gasteiger partial charge in [0.25, 0.3) is 10.0 Å². The van der Waals surface area contributed by atoms with E-state index in [0.29, 0.717) is 24.6 Å². The molecule has 32 heavy (non-hydrogen) atoms. The summed E-state index contributed by atoms with van der Waals surface area (Å²) in [5.41, 5.74) is 3.62. The third-order valence-electron chi connectivity index (χ3n) is 5.75. The molecule has 2 aromatic carbocycles. The molecule has 0 unspecified atom stereocenters. The molecule has 0 amide bonds. The first-order chi connectivity index (χ1) is 15.6. The van der Waals surface area contributed by atoms with Gasteiger partial charge in [-0.3, -0.25) is 4.40 Å². The third kappa shape index (κ3) is 3.19. The van der Waals surface area contributed by atoms with Crippen LogP contribution in [0, 0.1) is 0 Å². The van der Waals surface area contributed by atoms with Crippen LogP contribution in [0.25, 0.3) is 27.6 Å². The summed E-state index contributed by atoms with van der Waals surface area (Å²) in [6.07, 6.45) is 1.79. The van der Waals surface area contributed by atoms with E-state index >= 15 is 0 Å². The van der Waals surface area contributed by atoms with E-state index in [9.17, 15) is 8.42 Å². The lowest BCUT2D eigenvalue weighted by Crippen LogP contribution is -2.27. The Bertz CT molecular complexity index is 1570. The topological polar surface area (TPSA) is 80.7 Å². The van der Waals surface area contributed by atoms with E-state index in [2.05, 4.69) is 4.40 Å². The molecule has 0 radical (unpaired) electrons. The maximum Gasteiger partial charge on any atom is 0.276 e. The van der Waals surface area contributed by atoms with Crippen molar-refractivity contribution in [3.8, 4) is 0 Å². The molecule has 1 aliphatic rings. The van der Waals surface area contributed by atoms with E-state index in [1.165, 1.54) is 16.1 Å². The van der Waals surface area contributed by atoms with Gasteiger partial charge in [-0.25, -0.2) is 18.4 Å². The molecule has 0 aliphatic carbocycles. The summed E-state index contributed by atoms with van der Waals surface area (Å²) in [6, 6.07) is 19.2. The van der Waals surface area contributed by atoms with Crippen LogP contribution in [0.2, 0.25) is 0 Å². The number of sulfonamides is 1. The number of hydrogen-bond donors (Lipinski definition) is 0. The van der Waals surface area contributed by atoms with Crippen molar-refractivity contribution in [2.45, 2.75) is 28.8 Å². The Morgan fingerprint density at radius 2 is 1.66 bits per heavy atom. The number of aromatic nitrogens is 3.